The molecule has 1 aromatic carbocycles. The molecule has 5 rings (SSSR count). The Hall–Kier alpha value is -2.81. The largest absolute Gasteiger partial charge is 0.393 e. The molecule has 9 heteroatoms. The van der Waals surface area contributed by atoms with Gasteiger partial charge in [0.05, 0.1) is 28.2 Å². The van der Waals surface area contributed by atoms with E-state index in [4.69, 9.17) is 0 Å². The fourth-order valence-electron chi connectivity index (χ4n) is 9.77. The van der Waals surface area contributed by atoms with Crippen LogP contribution >= 0.6 is 0 Å². The number of fused-ring (bicyclic) bond motifs is 5. The first-order valence-electron chi connectivity index (χ1n) is 16.0. The number of allylic oxidation sites excluding steroid dienone is 1. The van der Waals surface area contributed by atoms with E-state index in [0.29, 0.717) is 36.0 Å². The van der Waals surface area contributed by atoms with E-state index in [9.17, 15) is 25.3 Å². The lowest BCUT2D eigenvalue weighted by Gasteiger charge is -2.52. The van der Waals surface area contributed by atoms with E-state index in [1.54, 1.807) is 0 Å². The number of hydrogen-bond acceptors (Lipinski definition) is 7. The molecule has 9 nitrogen and oxygen atoms in total. The molecule has 0 saturated heterocycles. The molecule has 8 atom stereocenters. The van der Waals surface area contributed by atoms with E-state index in [2.05, 4.69) is 45.1 Å². The van der Waals surface area contributed by atoms with Crippen molar-refractivity contribution in [2.45, 2.75) is 105 Å². The monoisotopic (exact) mass is 580 g/mol. The molecule has 0 spiro atoms. The molecule has 0 radical (unpaired) electrons. The minimum atomic E-state index is -0.638. The maximum Gasteiger partial charge on any atom is 0.301 e. The summed E-state index contributed by atoms with van der Waals surface area (Å²) in [4.78, 5) is 21.6. The van der Waals surface area contributed by atoms with Gasteiger partial charge in [0, 0.05) is 6.07 Å². The molecule has 4 aliphatic carbocycles. The summed E-state index contributed by atoms with van der Waals surface area (Å²) in [6.07, 6.45) is 12.7. The molecule has 0 amide bonds. The normalized spacial score (nSPS) is 34.8. The zero-order chi connectivity index (χ0) is 30.4. The van der Waals surface area contributed by atoms with E-state index >= 15 is 0 Å². The molecule has 0 aliphatic heterocycles. The number of aliphatic hydroxyl groups is 1. The van der Waals surface area contributed by atoms with Gasteiger partial charge in [0.25, 0.3) is 5.69 Å². The van der Waals surface area contributed by atoms with Gasteiger partial charge in [0.1, 0.15) is 5.69 Å². The van der Waals surface area contributed by atoms with Crippen LogP contribution in [0, 0.1) is 66.6 Å². The smallest absolute Gasteiger partial charge is 0.301 e. The second-order valence-corrected chi connectivity index (χ2v) is 14.6. The molecule has 4 aliphatic rings. The van der Waals surface area contributed by atoms with Crippen LogP contribution in [0.5, 0.6) is 0 Å². The van der Waals surface area contributed by atoms with Crippen molar-refractivity contribution in [3.05, 3.63) is 49.6 Å². The third-order valence-electron chi connectivity index (χ3n) is 11.9. The molecule has 230 valence electrons. The van der Waals surface area contributed by atoms with Crippen LogP contribution in [0.2, 0.25) is 0 Å². The maximum atomic E-state index is 11.7. The minimum absolute atomic E-state index is 0.0346. The molecule has 3 saturated carbocycles. The van der Waals surface area contributed by atoms with Gasteiger partial charge in [-0.25, -0.2) is 0 Å². The number of nitro benzene ring substituents is 2. The summed E-state index contributed by atoms with van der Waals surface area (Å²) in [5.41, 5.74) is 5.08. The third-order valence-corrected chi connectivity index (χ3v) is 11.9. The molecule has 1 aromatic rings. The Labute approximate surface area is 249 Å². The van der Waals surface area contributed by atoms with E-state index < -0.39 is 9.85 Å². The zero-order valence-corrected chi connectivity index (χ0v) is 25.8. The molecule has 42 heavy (non-hydrogen) atoms. The summed E-state index contributed by atoms with van der Waals surface area (Å²) < 4.78 is 0. The summed E-state index contributed by atoms with van der Waals surface area (Å²) in [5.74, 6) is 3.58. The standard InChI is InChI=1S/C33H48N4O5/c1-20(2)7-6-8-21(3)25-10-11-26-31-24(19-34-35-29-12-9-22(36(39)40)17-30(29)37(41)42)28-18-23(38)13-15-33(28,5)27(31)14-16-32(25,26)4/h9,12,17,19-21,23,25-27,31,35,38H,6-8,10-11,13-16,18H2,1-5H3/b34-19+/t21-,23+,25-,26?,27?,31?,32-,33-/m1/s1. The second kappa shape index (κ2) is 11.7. The fourth-order valence-corrected chi connectivity index (χ4v) is 9.77. The van der Waals surface area contributed by atoms with Crippen LogP contribution in [0.3, 0.4) is 0 Å². The van der Waals surface area contributed by atoms with Crippen molar-refractivity contribution in [3.63, 3.8) is 0 Å². The van der Waals surface area contributed by atoms with Crippen LogP contribution in [0.15, 0.2) is 34.4 Å². The van der Waals surface area contributed by atoms with Gasteiger partial charge in [0.15, 0.2) is 0 Å². The Balaban J connectivity index is 1.45. The molecule has 0 bridgehead atoms. The number of non-ortho nitro benzene ring substituents is 1. The summed E-state index contributed by atoms with van der Waals surface area (Å²) in [6, 6.07) is 3.56. The summed E-state index contributed by atoms with van der Waals surface area (Å²) in [7, 11) is 0. The number of nitro groups is 2. The Morgan fingerprint density at radius 1 is 1.05 bits per heavy atom. The topological polar surface area (TPSA) is 131 Å². The molecule has 0 heterocycles. The van der Waals surface area contributed by atoms with Gasteiger partial charge >= 0.3 is 5.69 Å². The van der Waals surface area contributed by atoms with Gasteiger partial charge in [0.2, 0.25) is 0 Å². The molecule has 3 unspecified atom stereocenters. The lowest BCUT2D eigenvalue weighted by atomic mass is 9.52. The molecular weight excluding hydrogens is 532 g/mol. The predicted octanol–water partition coefficient (Wildman–Crippen LogP) is 8.28. The van der Waals surface area contributed by atoms with Crippen molar-refractivity contribution >= 4 is 23.3 Å². The van der Waals surface area contributed by atoms with Gasteiger partial charge in [-0.05, 0) is 103 Å². The Kier molecular flexibility index (Phi) is 8.54. The average Bonchev–Trinajstić information content (AvgIpc) is 3.40. The lowest BCUT2D eigenvalue weighted by molar-refractivity contribution is -0.393. The Morgan fingerprint density at radius 3 is 2.50 bits per heavy atom. The van der Waals surface area contributed by atoms with Crippen LogP contribution in [0.1, 0.15) is 98.8 Å². The number of hydrogen-bond donors (Lipinski definition) is 2. The van der Waals surface area contributed by atoms with Crippen molar-refractivity contribution in [1.82, 2.24) is 0 Å². The summed E-state index contributed by atoms with van der Waals surface area (Å²) >= 11 is 0. The number of anilines is 1. The van der Waals surface area contributed by atoms with Crippen LogP contribution in [-0.2, 0) is 0 Å². The van der Waals surface area contributed by atoms with Crippen LogP contribution < -0.4 is 5.43 Å². The second-order valence-electron chi connectivity index (χ2n) is 14.6. The van der Waals surface area contributed by atoms with E-state index in [-0.39, 0.29) is 34.0 Å². The van der Waals surface area contributed by atoms with Gasteiger partial charge in [-0.2, -0.15) is 5.10 Å². The number of hydrazone groups is 1. The van der Waals surface area contributed by atoms with Crippen LogP contribution in [0.25, 0.3) is 0 Å². The highest BCUT2D eigenvalue weighted by Crippen LogP contribution is 2.70. The molecular formula is C33H48N4O5. The van der Waals surface area contributed by atoms with Gasteiger partial charge in [-0.15, -0.1) is 0 Å². The van der Waals surface area contributed by atoms with Crippen molar-refractivity contribution in [3.8, 4) is 0 Å². The SMILES string of the molecule is CC(C)CCC[C@@H](C)[C@H]1CCC2C3C(/C=N/Nc4ccc([N+](=O)[O-])cc4[N+](=O)[O-])=C4C[C@@H](O)CC[C@]4(C)C3CC[C@@]21C. The Morgan fingerprint density at radius 2 is 1.81 bits per heavy atom. The van der Waals surface area contributed by atoms with Crippen LogP contribution in [-0.4, -0.2) is 27.3 Å². The summed E-state index contributed by atoms with van der Waals surface area (Å²) in [5, 5.41) is 38.1. The Bertz CT molecular complexity index is 1280. The lowest BCUT2D eigenvalue weighted by Crippen LogP contribution is -2.45. The van der Waals surface area contributed by atoms with E-state index in [1.165, 1.54) is 68.2 Å². The third kappa shape index (κ3) is 5.38. The first-order chi connectivity index (χ1) is 19.9. The van der Waals surface area contributed by atoms with E-state index in [0.717, 1.165) is 24.8 Å². The van der Waals surface area contributed by atoms with Crippen LogP contribution in [0.4, 0.5) is 17.1 Å². The van der Waals surface area contributed by atoms with Gasteiger partial charge in [-0.3, -0.25) is 25.7 Å². The number of nitrogens with one attached hydrogen (secondary N) is 1. The van der Waals surface area contributed by atoms with Crippen molar-refractivity contribution in [2.24, 2.45) is 51.4 Å². The number of rotatable bonds is 10. The zero-order valence-electron chi connectivity index (χ0n) is 25.8. The first-order valence-corrected chi connectivity index (χ1v) is 16.0. The first kappa shape index (κ1) is 30.6. The number of benzene rings is 1. The highest BCUT2D eigenvalue weighted by molar-refractivity contribution is 5.83. The predicted molar refractivity (Wildman–Crippen MR) is 165 cm³/mol. The molecule has 2 N–H and O–H groups in total. The quantitative estimate of drug-likeness (QED) is 0.163. The highest BCUT2D eigenvalue weighted by Gasteiger charge is 2.62. The fraction of sp³-hybridized carbons (Fsp3) is 0.727. The van der Waals surface area contributed by atoms with Crippen molar-refractivity contribution < 1.29 is 15.0 Å². The van der Waals surface area contributed by atoms with Crippen molar-refractivity contribution in [2.75, 3.05) is 5.43 Å². The van der Waals surface area contributed by atoms with Gasteiger partial charge in [-0.1, -0.05) is 59.5 Å². The number of aliphatic hydroxyl groups excluding tert-OH is 1. The van der Waals surface area contributed by atoms with Crippen molar-refractivity contribution in [1.29, 1.82) is 0 Å². The highest BCUT2D eigenvalue weighted by atomic mass is 16.6. The maximum absolute atomic E-state index is 11.7. The van der Waals surface area contributed by atoms with Gasteiger partial charge < -0.3 is 5.11 Å². The number of nitrogens with zero attached hydrogens (tertiary/aromatic N) is 3. The minimum Gasteiger partial charge on any atom is -0.393 e. The average molecular weight is 581 g/mol. The molecule has 0 aromatic heterocycles. The van der Waals surface area contributed by atoms with E-state index in [1.807, 2.05) is 6.21 Å². The summed E-state index contributed by atoms with van der Waals surface area (Å²) in [6.45, 7) is 12.0. The molecule has 3 fully saturated rings.